The number of aromatic nitrogens is 2. The Morgan fingerprint density at radius 2 is 1.34 bits per heavy atom. The van der Waals surface area contributed by atoms with Gasteiger partial charge in [0.15, 0.2) is 12.3 Å². The molecule has 0 aromatic carbocycles. The second-order valence-corrected chi connectivity index (χ2v) is 19.5. The third-order valence-electron chi connectivity index (χ3n) is 10.2. The number of esters is 2. The highest BCUT2D eigenvalue weighted by molar-refractivity contribution is 7.61. The van der Waals surface area contributed by atoms with Gasteiger partial charge in [0.05, 0.1) is 19.3 Å². The topological polar surface area (TPSA) is 286 Å². The van der Waals surface area contributed by atoms with Crippen LogP contribution in [0.5, 0.6) is 0 Å². The fourth-order valence-electron chi connectivity index (χ4n) is 6.43. The molecule has 3 unspecified atom stereocenters. The Hall–Kier alpha value is -4.36. The molecule has 2 heterocycles. The van der Waals surface area contributed by atoms with E-state index >= 15 is 0 Å². The van der Waals surface area contributed by atoms with Crippen molar-refractivity contribution in [3.05, 3.63) is 120 Å². The van der Waals surface area contributed by atoms with Crippen LogP contribution in [0.4, 0.5) is 5.82 Å². The van der Waals surface area contributed by atoms with Crippen molar-refractivity contribution in [1.82, 2.24) is 9.55 Å². The summed E-state index contributed by atoms with van der Waals surface area (Å²) >= 11 is 0. The first-order chi connectivity index (χ1) is 34.1. The van der Waals surface area contributed by atoms with Gasteiger partial charge in [0, 0.05) is 19.0 Å². The lowest BCUT2D eigenvalue weighted by Crippen LogP contribution is -2.36. The van der Waals surface area contributed by atoms with E-state index in [9.17, 15) is 48.6 Å². The van der Waals surface area contributed by atoms with E-state index in [1.807, 2.05) is 67.7 Å². The van der Waals surface area contributed by atoms with Crippen molar-refractivity contribution < 1.29 is 71.4 Å². The first-order valence-corrected chi connectivity index (χ1v) is 27.3. The molecule has 1 aliphatic heterocycles. The number of ether oxygens (including phenoxy) is 3. The van der Waals surface area contributed by atoms with Crippen LogP contribution in [0.25, 0.3) is 0 Å². The maximum absolute atomic E-state index is 12.8. The SMILES string of the molecule is CC/C=C\C(O)C/C=C/C=C\C/C=C\C/C=C\CCCC(=O)O[C@H](COC(=O)CCCC/C=C\C/C=C\C/C=C\CCCCC)COP(=O)(O)OP(=O)(O)OC[C@H]1O[C@@H](n2ccc(N)nc2=O)[C@H](O)[C@@H]1O. The molecule has 0 saturated carbocycles. The van der Waals surface area contributed by atoms with Gasteiger partial charge in [0.1, 0.15) is 30.7 Å². The van der Waals surface area contributed by atoms with Crippen LogP contribution in [-0.4, -0.2) is 96.9 Å². The molecule has 1 saturated heterocycles. The second-order valence-electron chi connectivity index (χ2n) is 16.4. The largest absolute Gasteiger partial charge is 0.481 e. The Kier molecular flexibility index (Phi) is 33.1. The highest BCUT2D eigenvalue weighted by Gasteiger charge is 2.46. The molecule has 1 fully saturated rings. The number of nitrogen functional groups attached to an aromatic ring is 1. The molecule has 0 aliphatic carbocycles. The van der Waals surface area contributed by atoms with Crippen molar-refractivity contribution in [1.29, 1.82) is 0 Å². The number of aliphatic hydroxyl groups is 3. The highest BCUT2D eigenvalue weighted by atomic mass is 31.3. The second kappa shape index (κ2) is 37.4. The van der Waals surface area contributed by atoms with Crippen LogP contribution in [-0.2, 0) is 46.3 Å². The minimum atomic E-state index is -5.46. The normalized spacial score (nSPS) is 20.4. The highest BCUT2D eigenvalue weighted by Crippen LogP contribution is 2.60. The number of nitrogens with two attached hydrogens (primary N) is 1. The number of aliphatic hydroxyl groups excluding tert-OH is 3. The zero-order valence-corrected chi connectivity index (χ0v) is 42.9. The summed E-state index contributed by atoms with van der Waals surface area (Å²) in [6, 6.07) is 1.24. The fraction of sp³-hybridized carbons (Fsp3) is 0.560. The van der Waals surface area contributed by atoms with Gasteiger partial charge in [-0.15, -0.1) is 0 Å². The van der Waals surface area contributed by atoms with E-state index in [1.165, 1.54) is 25.3 Å². The average Bonchev–Trinajstić information content (AvgIpc) is 3.60. The predicted molar refractivity (Wildman–Crippen MR) is 271 cm³/mol. The summed E-state index contributed by atoms with van der Waals surface area (Å²) in [6.07, 6.45) is 37.0. The number of rotatable bonds is 38. The van der Waals surface area contributed by atoms with Gasteiger partial charge in [-0.05, 0) is 89.5 Å². The number of phosphoric acid groups is 2. The number of unbranched alkanes of at least 4 members (excludes halogenated alkanes) is 6. The Bertz CT molecular complexity index is 2080. The molecular weight excluding hydrogens is 961 g/mol. The van der Waals surface area contributed by atoms with Crippen molar-refractivity contribution >= 4 is 33.4 Å². The van der Waals surface area contributed by atoms with Gasteiger partial charge in [0.25, 0.3) is 0 Å². The molecule has 1 aliphatic rings. The number of nitrogens with zero attached hydrogens (tertiary/aromatic N) is 2. The molecule has 19 nitrogen and oxygen atoms in total. The first-order valence-electron chi connectivity index (χ1n) is 24.4. The van der Waals surface area contributed by atoms with Gasteiger partial charge in [-0.3, -0.25) is 23.2 Å². The third kappa shape index (κ3) is 30.3. The molecule has 1 aromatic rings. The van der Waals surface area contributed by atoms with E-state index in [0.717, 1.165) is 49.3 Å². The Morgan fingerprint density at radius 1 is 0.761 bits per heavy atom. The predicted octanol–water partition coefficient (Wildman–Crippen LogP) is 8.63. The number of phosphoric ester groups is 2. The molecule has 0 spiro atoms. The lowest BCUT2D eigenvalue weighted by molar-refractivity contribution is -0.161. The molecule has 1 aromatic heterocycles. The number of anilines is 1. The van der Waals surface area contributed by atoms with Gasteiger partial charge in [-0.25, -0.2) is 13.9 Å². The van der Waals surface area contributed by atoms with Gasteiger partial charge in [-0.2, -0.15) is 9.29 Å². The smallest absolute Gasteiger partial charge is 0.462 e. The summed E-state index contributed by atoms with van der Waals surface area (Å²) in [5, 5.41) is 30.7. The minimum Gasteiger partial charge on any atom is -0.462 e. The van der Waals surface area contributed by atoms with E-state index in [1.54, 1.807) is 6.08 Å². The van der Waals surface area contributed by atoms with Gasteiger partial charge < -0.3 is 45.1 Å². The fourth-order valence-corrected chi connectivity index (χ4v) is 8.54. The van der Waals surface area contributed by atoms with Crippen LogP contribution in [0.15, 0.2) is 114 Å². The van der Waals surface area contributed by atoms with Crippen LogP contribution < -0.4 is 11.4 Å². The lowest BCUT2D eigenvalue weighted by atomic mass is 10.1. The van der Waals surface area contributed by atoms with E-state index in [4.69, 9.17) is 29.0 Å². The maximum atomic E-state index is 12.8. The van der Waals surface area contributed by atoms with Crippen LogP contribution in [0.1, 0.15) is 129 Å². The lowest BCUT2D eigenvalue weighted by Gasteiger charge is -2.21. The number of carbonyl (C=O) groups is 2. The number of allylic oxidation sites excluding steroid dienone is 14. The molecule has 7 N–H and O–H groups in total. The maximum Gasteiger partial charge on any atom is 0.481 e. The van der Waals surface area contributed by atoms with Gasteiger partial charge in [-0.1, -0.05) is 124 Å². The Balaban J connectivity index is 1.87. The van der Waals surface area contributed by atoms with Crippen molar-refractivity contribution in [2.75, 3.05) is 25.6 Å². The molecule has 0 bridgehead atoms. The molecule has 0 radical (unpaired) electrons. The third-order valence-corrected chi connectivity index (χ3v) is 12.8. The van der Waals surface area contributed by atoms with Gasteiger partial charge >= 0.3 is 33.3 Å². The number of hydrogen-bond acceptors (Lipinski definition) is 16. The van der Waals surface area contributed by atoms with E-state index in [2.05, 4.69) is 46.6 Å². The molecular formula is C50H77N3O16P2. The average molecular weight is 1040 g/mol. The van der Waals surface area contributed by atoms with Crippen LogP contribution in [0, 0.1) is 0 Å². The molecule has 0 amide bonds. The minimum absolute atomic E-state index is 0.0516. The van der Waals surface area contributed by atoms with Crippen LogP contribution in [0.2, 0.25) is 0 Å². The van der Waals surface area contributed by atoms with Crippen molar-refractivity contribution in [3.63, 3.8) is 0 Å². The zero-order valence-electron chi connectivity index (χ0n) is 41.1. The van der Waals surface area contributed by atoms with Gasteiger partial charge in [0.2, 0.25) is 0 Å². The van der Waals surface area contributed by atoms with Crippen LogP contribution >= 0.6 is 15.6 Å². The summed E-state index contributed by atoms with van der Waals surface area (Å²) in [5.41, 5.74) is 4.57. The van der Waals surface area contributed by atoms with E-state index in [0.29, 0.717) is 38.5 Å². The molecule has 8 atom stereocenters. The molecule has 398 valence electrons. The monoisotopic (exact) mass is 1040 g/mol. The number of hydrogen-bond donors (Lipinski definition) is 6. The van der Waals surface area contributed by atoms with Crippen molar-refractivity contribution in [2.24, 2.45) is 0 Å². The standard InChI is InChI=1S/C50H77N3O16P2/c1-3-5-7-8-9-10-11-12-13-14-18-21-24-27-30-34-45(55)64-38-42(67-46(56)35-31-28-25-22-19-16-15-17-20-23-26-29-33-41(54)32-6-4-2)39-65-70(60,61)69-71(62,63)66-40-43-47(57)48(58)49(68-43)53-37-36-44(51)52-50(53)59/h6,9-10,12-13,15-16,18,20-23,25-26,29,32,36-37,41-43,47-49,54,57-58H,3-5,7-8,11,14,17,19,24,27-28,30-31,33-35,38-40H2,1-2H3,(H,60,61)(H,62,63)(H2,51,52,59)/b10-9-,13-12-,16-15-,21-18-,23-20-,25-22-,29-26+,32-6-/t41?,42-,43-,47-,48-,49-/m1/s1. The Labute approximate surface area is 418 Å². The summed E-state index contributed by atoms with van der Waals surface area (Å²) in [4.78, 5) is 61.8. The summed E-state index contributed by atoms with van der Waals surface area (Å²) in [5.74, 6) is -1.45. The summed E-state index contributed by atoms with van der Waals surface area (Å²) in [6.45, 7) is 1.77. The van der Waals surface area contributed by atoms with Crippen molar-refractivity contribution in [2.45, 2.75) is 160 Å². The quantitative estimate of drug-likeness (QED) is 0.0119. The first kappa shape index (κ1) is 62.8. The van der Waals surface area contributed by atoms with Crippen LogP contribution in [0.3, 0.4) is 0 Å². The molecule has 71 heavy (non-hydrogen) atoms. The molecule has 21 heteroatoms. The zero-order chi connectivity index (χ0) is 52.2. The van der Waals surface area contributed by atoms with Crippen molar-refractivity contribution in [3.8, 4) is 0 Å². The number of carbonyl (C=O) groups excluding carboxylic acids is 2. The van der Waals surface area contributed by atoms with E-state index in [-0.39, 0.29) is 18.7 Å². The van der Waals surface area contributed by atoms with E-state index < -0.39 is 89.8 Å². The Morgan fingerprint density at radius 3 is 1.97 bits per heavy atom. The molecule has 2 rings (SSSR count). The summed E-state index contributed by atoms with van der Waals surface area (Å²) in [7, 11) is -10.9. The summed E-state index contributed by atoms with van der Waals surface area (Å²) < 4.78 is 56.6.